The Balaban J connectivity index is 2.10. The summed E-state index contributed by atoms with van der Waals surface area (Å²) >= 11 is 0. The van der Waals surface area contributed by atoms with E-state index in [9.17, 15) is 0 Å². The van der Waals surface area contributed by atoms with Gasteiger partial charge in [-0.25, -0.2) is 15.8 Å². The Hall–Kier alpha value is -1.20. The Bertz CT molecular complexity index is 428. The maximum Gasteiger partial charge on any atom is 0.144 e. The van der Waals surface area contributed by atoms with Crippen molar-refractivity contribution in [3.63, 3.8) is 0 Å². The van der Waals surface area contributed by atoms with E-state index in [1.807, 2.05) is 6.07 Å². The van der Waals surface area contributed by atoms with Gasteiger partial charge >= 0.3 is 0 Å². The molecule has 1 fully saturated rings. The Labute approximate surface area is 121 Å². The molecule has 5 heteroatoms. The SMILES string of the molecule is COCc1cc(NN)nc(C2CCC(C(C)C)CC2)n1. The van der Waals surface area contributed by atoms with Gasteiger partial charge in [-0.05, 0) is 37.5 Å². The first kappa shape index (κ1) is 15.2. The molecule has 0 spiro atoms. The molecule has 1 aliphatic carbocycles. The molecule has 5 nitrogen and oxygen atoms in total. The molecule has 0 saturated heterocycles. The second-order valence-electron chi connectivity index (χ2n) is 6.04. The molecule has 0 aliphatic heterocycles. The molecular formula is C15H26N4O. The van der Waals surface area contributed by atoms with Crippen molar-refractivity contribution >= 4 is 5.82 Å². The number of anilines is 1. The largest absolute Gasteiger partial charge is 0.378 e. The predicted molar refractivity (Wildman–Crippen MR) is 80.1 cm³/mol. The van der Waals surface area contributed by atoms with E-state index in [-0.39, 0.29) is 0 Å². The zero-order chi connectivity index (χ0) is 14.5. The van der Waals surface area contributed by atoms with Crippen LogP contribution >= 0.6 is 0 Å². The van der Waals surface area contributed by atoms with Crippen molar-refractivity contribution in [1.29, 1.82) is 0 Å². The van der Waals surface area contributed by atoms with Crippen LogP contribution in [0.4, 0.5) is 5.82 Å². The van der Waals surface area contributed by atoms with E-state index in [1.165, 1.54) is 25.7 Å². The molecule has 0 amide bonds. The fraction of sp³-hybridized carbons (Fsp3) is 0.733. The molecule has 1 aromatic rings. The van der Waals surface area contributed by atoms with Gasteiger partial charge in [0.05, 0.1) is 12.3 Å². The summed E-state index contributed by atoms with van der Waals surface area (Å²) < 4.78 is 5.16. The molecule has 1 aliphatic rings. The van der Waals surface area contributed by atoms with Gasteiger partial charge in [-0.1, -0.05) is 13.8 Å². The van der Waals surface area contributed by atoms with Crippen LogP contribution in [0.3, 0.4) is 0 Å². The number of nitrogens with two attached hydrogens (primary N) is 1. The number of aromatic nitrogens is 2. The van der Waals surface area contributed by atoms with Gasteiger partial charge < -0.3 is 10.2 Å². The van der Waals surface area contributed by atoms with Gasteiger partial charge in [-0.3, -0.25) is 0 Å². The summed E-state index contributed by atoms with van der Waals surface area (Å²) in [6.07, 6.45) is 4.88. The Morgan fingerprint density at radius 2 is 2.00 bits per heavy atom. The van der Waals surface area contributed by atoms with Crippen LogP contribution in [0.5, 0.6) is 0 Å². The summed E-state index contributed by atoms with van der Waals surface area (Å²) in [5.41, 5.74) is 3.51. The van der Waals surface area contributed by atoms with Crippen molar-refractivity contribution in [2.45, 2.75) is 52.1 Å². The summed E-state index contributed by atoms with van der Waals surface area (Å²) in [7, 11) is 1.67. The van der Waals surface area contributed by atoms with Crippen LogP contribution in [0.2, 0.25) is 0 Å². The van der Waals surface area contributed by atoms with Gasteiger partial charge in [0, 0.05) is 19.1 Å². The predicted octanol–water partition coefficient (Wildman–Crippen LogP) is 2.84. The number of nitrogen functional groups attached to an aromatic ring is 1. The first-order valence-electron chi connectivity index (χ1n) is 7.47. The average molecular weight is 278 g/mol. The van der Waals surface area contributed by atoms with E-state index in [1.54, 1.807) is 7.11 Å². The molecule has 1 aromatic heterocycles. The highest BCUT2D eigenvalue weighted by atomic mass is 16.5. The number of hydrazine groups is 1. The van der Waals surface area contributed by atoms with Crippen molar-refractivity contribution < 1.29 is 4.74 Å². The highest BCUT2D eigenvalue weighted by molar-refractivity contribution is 5.34. The lowest BCUT2D eigenvalue weighted by Gasteiger charge is -2.30. The maximum absolute atomic E-state index is 5.49. The van der Waals surface area contributed by atoms with Crippen LogP contribution in [-0.2, 0) is 11.3 Å². The van der Waals surface area contributed by atoms with E-state index < -0.39 is 0 Å². The van der Waals surface area contributed by atoms with Crippen LogP contribution in [0.15, 0.2) is 6.07 Å². The van der Waals surface area contributed by atoms with Crippen LogP contribution in [0.1, 0.15) is 57.0 Å². The number of methoxy groups -OCH3 is 1. The Kier molecular flexibility index (Phi) is 5.31. The minimum atomic E-state index is 0.453. The summed E-state index contributed by atoms with van der Waals surface area (Å²) in [5.74, 6) is 9.16. The molecule has 0 unspecified atom stereocenters. The van der Waals surface area contributed by atoms with Gasteiger partial charge in [-0.2, -0.15) is 0 Å². The average Bonchev–Trinajstić information content (AvgIpc) is 2.47. The zero-order valence-electron chi connectivity index (χ0n) is 12.7. The molecule has 112 valence electrons. The molecule has 20 heavy (non-hydrogen) atoms. The highest BCUT2D eigenvalue weighted by Crippen LogP contribution is 2.37. The fourth-order valence-electron chi connectivity index (χ4n) is 3.04. The monoisotopic (exact) mass is 278 g/mol. The third kappa shape index (κ3) is 3.67. The van der Waals surface area contributed by atoms with Crippen LogP contribution < -0.4 is 11.3 Å². The Morgan fingerprint density at radius 1 is 1.30 bits per heavy atom. The van der Waals surface area contributed by atoms with Crippen LogP contribution in [0.25, 0.3) is 0 Å². The van der Waals surface area contributed by atoms with E-state index in [4.69, 9.17) is 10.6 Å². The third-order valence-electron chi connectivity index (χ3n) is 4.32. The number of nitrogens with one attached hydrogen (secondary N) is 1. The quantitative estimate of drug-likeness (QED) is 0.640. The molecule has 3 N–H and O–H groups in total. The topological polar surface area (TPSA) is 73.1 Å². The second kappa shape index (κ2) is 6.99. The van der Waals surface area contributed by atoms with Crippen molar-refractivity contribution in [2.24, 2.45) is 17.7 Å². The summed E-state index contributed by atoms with van der Waals surface area (Å²) in [4.78, 5) is 9.16. The molecule has 0 bridgehead atoms. The summed E-state index contributed by atoms with van der Waals surface area (Å²) in [6, 6.07) is 1.84. The molecule has 2 rings (SSSR count). The van der Waals surface area contributed by atoms with E-state index >= 15 is 0 Å². The number of rotatable bonds is 5. The molecule has 0 aromatic carbocycles. The van der Waals surface area contributed by atoms with E-state index in [0.717, 1.165) is 23.4 Å². The van der Waals surface area contributed by atoms with E-state index in [2.05, 4.69) is 29.2 Å². The van der Waals surface area contributed by atoms with Gasteiger partial charge in [0.2, 0.25) is 0 Å². The van der Waals surface area contributed by atoms with Crippen LogP contribution in [-0.4, -0.2) is 17.1 Å². The fourth-order valence-corrected chi connectivity index (χ4v) is 3.04. The lowest BCUT2D eigenvalue weighted by atomic mass is 9.76. The smallest absolute Gasteiger partial charge is 0.144 e. The normalized spacial score (nSPS) is 23.1. The van der Waals surface area contributed by atoms with Crippen molar-refractivity contribution in [2.75, 3.05) is 12.5 Å². The van der Waals surface area contributed by atoms with Gasteiger partial charge in [-0.15, -0.1) is 0 Å². The maximum atomic E-state index is 5.49. The summed E-state index contributed by atoms with van der Waals surface area (Å²) in [6.45, 7) is 5.12. The van der Waals surface area contributed by atoms with Crippen molar-refractivity contribution in [1.82, 2.24) is 9.97 Å². The van der Waals surface area contributed by atoms with Crippen LogP contribution in [0, 0.1) is 11.8 Å². The highest BCUT2D eigenvalue weighted by Gasteiger charge is 2.26. The molecule has 0 radical (unpaired) electrons. The minimum absolute atomic E-state index is 0.453. The van der Waals surface area contributed by atoms with Gasteiger partial charge in [0.25, 0.3) is 0 Å². The third-order valence-corrected chi connectivity index (χ3v) is 4.32. The summed E-state index contributed by atoms with van der Waals surface area (Å²) in [5, 5.41) is 0. The van der Waals surface area contributed by atoms with Crippen molar-refractivity contribution in [3.8, 4) is 0 Å². The number of hydrogen-bond donors (Lipinski definition) is 2. The standard InChI is InChI=1S/C15H26N4O/c1-10(2)11-4-6-12(7-5-11)15-17-13(9-20-3)8-14(18-15)19-16/h8,10-12H,4-7,9,16H2,1-3H3,(H,17,18,19). The molecule has 1 saturated carbocycles. The van der Waals surface area contributed by atoms with Crippen molar-refractivity contribution in [3.05, 3.63) is 17.6 Å². The lowest BCUT2D eigenvalue weighted by Crippen LogP contribution is -2.20. The van der Waals surface area contributed by atoms with Gasteiger partial charge in [0.15, 0.2) is 0 Å². The number of ether oxygens (including phenoxy) is 1. The minimum Gasteiger partial charge on any atom is -0.378 e. The molecule has 0 atom stereocenters. The Morgan fingerprint density at radius 3 is 2.55 bits per heavy atom. The zero-order valence-corrected chi connectivity index (χ0v) is 12.7. The molecule has 1 heterocycles. The lowest BCUT2D eigenvalue weighted by molar-refractivity contribution is 0.180. The first-order valence-corrected chi connectivity index (χ1v) is 7.47. The first-order chi connectivity index (χ1) is 9.63. The van der Waals surface area contributed by atoms with Gasteiger partial charge in [0.1, 0.15) is 11.6 Å². The molecular weight excluding hydrogens is 252 g/mol. The number of hydrogen-bond acceptors (Lipinski definition) is 5. The number of nitrogens with zero attached hydrogens (tertiary/aromatic N) is 2. The van der Waals surface area contributed by atoms with E-state index in [0.29, 0.717) is 18.3 Å². The second-order valence-corrected chi connectivity index (χ2v) is 6.04.